The minimum Gasteiger partial charge on any atom is -0.480 e. The maximum absolute atomic E-state index is 13.6. The van der Waals surface area contributed by atoms with Gasteiger partial charge in [-0.2, -0.15) is 0 Å². The minimum absolute atomic E-state index is 0.457. The van der Waals surface area contributed by atoms with Crippen LogP contribution in [0.25, 0.3) is 0 Å². The molecule has 0 aromatic heterocycles. The summed E-state index contributed by atoms with van der Waals surface area (Å²) in [7, 11) is 0. The summed E-state index contributed by atoms with van der Waals surface area (Å²) in [6, 6.07) is 8.19. The molecule has 0 saturated carbocycles. The monoisotopic (exact) mass is 243 g/mol. The summed E-state index contributed by atoms with van der Waals surface area (Å²) < 4.78 is 27.2. The zero-order chi connectivity index (χ0) is 13.1. The second-order valence-electron chi connectivity index (χ2n) is 4.42. The molecule has 0 aliphatic carbocycles. The highest BCUT2D eigenvalue weighted by Crippen LogP contribution is 2.28. The Morgan fingerprint density at radius 2 is 1.88 bits per heavy atom. The van der Waals surface area contributed by atoms with Crippen LogP contribution in [0.2, 0.25) is 0 Å². The lowest BCUT2D eigenvalue weighted by Crippen LogP contribution is -2.49. The highest BCUT2D eigenvalue weighted by Gasteiger charge is 2.41. The predicted octanol–water partition coefficient (Wildman–Crippen LogP) is 2.06. The number of carboxylic acids is 1. The van der Waals surface area contributed by atoms with Crippen molar-refractivity contribution >= 4 is 5.97 Å². The van der Waals surface area contributed by atoms with Crippen LogP contribution in [0.15, 0.2) is 30.3 Å². The third kappa shape index (κ3) is 4.11. The van der Waals surface area contributed by atoms with Crippen molar-refractivity contribution < 1.29 is 18.7 Å². The average Bonchev–Trinajstić information content (AvgIpc) is 2.16. The van der Waals surface area contributed by atoms with Crippen LogP contribution in [-0.4, -0.2) is 22.5 Å². The standard InChI is InChI=1S/C12H15F2NO2/c1-11(15,10(16)17)8-12(13,14)7-9-5-3-2-4-6-9/h2-6H,7-8,15H2,1H3,(H,16,17). The van der Waals surface area contributed by atoms with Gasteiger partial charge in [-0.25, -0.2) is 8.78 Å². The molecule has 0 amide bonds. The van der Waals surface area contributed by atoms with E-state index in [9.17, 15) is 13.6 Å². The van der Waals surface area contributed by atoms with Crippen molar-refractivity contribution in [2.75, 3.05) is 0 Å². The second-order valence-corrected chi connectivity index (χ2v) is 4.42. The van der Waals surface area contributed by atoms with Crippen LogP contribution in [-0.2, 0) is 11.2 Å². The minimum atomic E-state index is -3.14. The van der Waals surface area contributed by atoms with Gasteiger partial charge < -0.3 is 10.8 Å². The number of benzene rings is 1. The molecule has 0 spiro atoms. The number of halogens is 2. The topological polar surface area (TPSA) is 63.3 Å². The molecule has 5 heteroatoms. The normalized spacial score (nSPS) is 15.3. The van der Waals surface area contributed by atoms with E-state index in [-0.39, 0.29) is 0 Å². The molecule has 1 unspecified atom stereocenters. The summed E-state index contributed by atoms with van der Waals surface area (Å²) in [6.45, 7) is 1.09. The van der Waals surface area contributed by atoms with Gasteiger partial charge in [-0.3, -0.25) is 4.79 Å². The van der Waals surface area contributed by atoms with E-state index in [4.69, 9.17) is 10.8 Å². The summed E-state index contributed by atoms with van der Waals surface area (Å²) in [5.74, 6) is -4.56. The van der Waals surface area contributed by atoms with E-state index in [1.165, 1.54) is 0 Å². The van der Waals surface area contributed by atoms with E-state index in [1.54, 1.807) is 30.3 Å². The second kappa shape index (κ2) is 4.79. The van der Waals surface area contributed by atoms with Gasteiger partial charge in [-0.15, -0.1) is 0 Å². The molecule has 1 rings (SSSR count). The Kier molecular flexibility index (Phi) is 3.83. The van der Waals surface area contributed by atoms with Crippen molar-refractivity contribution in [1.82, 2.24) is 0 Å². The summed E-state index contributed by atoms with van der Waals surface area (Å²) in [4.78, 5) is 10.7. The molecule has 0 radical (unpaired) electrons. The largest absolute Gasteiger partial charge is 0.480 e. The molecular formula is C12H15F2NO2. The first kappa shape index (κ1) is 13.6. The van der Waals surface area contributed by atoms with Crippen molar-refractivity contribution in [3.63, 3.8) is 0 Å². The van der Waals surface area contributed by atoms with Gasteiger partial charge in [-0.05, 0) is 12.5 Å². The molecule has 94 valence electrons. The molecule has 0 aliphatic heterocycles. The molecule has 1 aromatic carbocycles. The van der Waals surface area contributed by atoms with E-state index in [2.05, 4.69) is 0 Å². The van der Waals surface area contributed by atoms with Gasteiger partial charge in [0, 0.05) is 12.8 Å². The Labute approximate surface area is 98.2 Å². The van der Waals surface area contributed by atoms with Gasteiger partial charge in [0.15, 0.2) is 0 Å². The van der Waals surface area contributed by atoms with Crippen LogP contribution in [0.3, 0.4) is 0 Å². The van der Waals surface area contributed by atoms with Crippen molar-refractivity contribution in [2.45, 2.75) is 31.2 Å². The van der Waals surface area contributed by atoms with Crippen molar-refractivity contribution in [2.24, 2.45) is 5.73 Å². The fourth-order valence-corrected chi connectivity index (χ4v) is 1.57. The van der Waals surface area contributed by atoms with E-state index >= 15 is 0 Å². The zero-order valence-electron chi connectivity index (χ0n) is 9.49. The van der Waals surface area contributed by atoms with Crippen molar-refractivity contribution in [3.05, 3.63) is 35.9 Å². The van der Waals surface area contributed by atoms with Gasteiger partial charge in [-0.1, -0.05) is 30.3 Å². The van der Waals surface area contributed by atoms with Gasteiger partial charge in [0.05, 0.1) is 0 Å². The molecule has 0 heterocycles. The van der Waals surface area contributed by atoms with Crippen molar-refractivity contribution in [3.8, 4) is 0 Å². The Morgan fingerprint density at radius 3 is 2.35 bits per heavy atom. The molecule has 0 aliphatic rings. The predicted molar refractivity (Wildman–Crippen MR) is 59.9 cm³/mol. The van der Waals surface area contributed by atoms with E-state index in [0.717, 1.165) is 6.92 Å². The number of aliphatic carboxylic acids is 1. The van der Waals surface area contributed by atoms with Gasteiger partial charge in [0.25, 0.3) is 5.92 Å². The van der Waals surface area contributed by atoms with Crippen LogP contribution < -0.4 is 5.73 Å². The number of rotatable bonds is 5. The highest BCUT2D eigenvalue weighted by atomic mass is 19.3. The van der Waals surface area contributed by atoms with Gasteiger partial charge >= 0.3 is 5.97 Å². The lowest BCUT2D eigenvalue weighted by Gasteiger charge is -2.25. The summed E-state index contributed by atoms with van der Waals surface area (Å²) in [5, 5.41) is 8.71. The summed E-state index contributed by atoms with van der Waals surface area (Å²) >= 11 is 0. The van der Waals surface area contributed by atoms with E-state index in [1.807, 2.05) is 0 Å². The van der Waals surface area contributed by atoms with Crippen LogP contribution >= 0.6 is 0 Å². The first-order valence-electron chi connectivity index (χ1n) is 5.17. The maximum Gasteiger partial charge on any atom is 0.323 e. The maximum atomic E-state index is 13.6. The quantitative estimate of drug-likeness (QED) is 0.832. The first-order valence-corrected chi connectivity index (χ1v) is 5.17. The van der Waals surface area contributed by atoms with Gasteiger partial charge in [0.2, 0.25) is 0 Å². The average molecular weight is 243 g/mol. The van der Waals surface area contributed by atoms with Crippen molar-refractivity contribution in [1.29, 1.82) is 0 Å². The number of hydrogen-bond acceptors (Lipinski definition) is 2. The zero-order valence-corrected chi connectivity index (χ0v) is 9.49. The molecule has 1 aromatic rings. The molecule has 3 N–H and O–H groups in total. The molecule has 0 saturated heterocycles. The Balaban J connectivity index is 2.73. The van der Waals surface area contributed by atoms with Gasteiger partial charge in [0.1, 0.15) is 5.54 Å². The molecular weight excluding hydrogens is 228 g/mol. The lowest BCUT2D eigenvalue weighted by molar-refractivity contribution is -0.146. The third-order valence-electron chi connectivity index (χ3n) is 2.42. The SMILES string of the molecule is CC(N)(CC(F)(F)Cc1ccccc1)C(=O)O. The van der Waals surface area contributed by atoms with E-state index < -0.39 is 30.3 Å². The molecule has 3 nitrogen and oxygen atoms in total. The Bertz CT molecular complexity index is 391. The van der Waals surface area contributed by atoms with Crippen LogP contribution in [0.4, 0.5) is 8.78 Å². The number of alkyl halides is 2. The summed E-state index contributed by atoms with van der Waals surface area (Å²) in [5.41, 5.74) is 3.86. The van der Waals surface area contributed by atoms with Crippen LogP contribution in [0, 0.1) is 0 Å². The molecule has 0 bridgehead atoms. The van der Waals surface area contributed by atoms with E-state index in [0.29, 0.717) is 5.56 Å². The van der Waals surface area contributed by atoms with Crippen LogP contribution in [0.1, 0.15) is 18.9 Å². The highest BCUT2D eigenvalue weighted by molar-refractivity contribution is 5.77. The Morgan fingerprint density at radius 1 is 1.35 bits per heavy atom. The number of nitrogens with two attached hydrogens (primary N) is 1. The number of hydrogen-bond donors (Lipinski definition) is 2. The first-order chi connectivity index (χ1) is 7.73. The Hall–Kier alpha value is -1.49. The summed E-state index contributed by atoms with van der Waals surface area (Å²) in [6.07, 6.45) is -1.39. The molecule has 17 heavy (non-hydrogen) atoms. The third-order valence-corrected chi connectivity index (χ3v) is 2.42. The number of carboxylic acid groups (broad SMARTS) is 1. The number of carbonyl (C=O) groups is 1. The lowest BCUT2D eigenvalue weighted by atomic mass is 9.92. The van der Waals surface area contributed by atoms with Crippen LogP contribution in [0.5, 0.6) is 0 Å². The smallest absolute Gasteiger partial charge is 0.323 e. The fourth-order valence-electron chi connectivity index (χ4n) is 1.57. The fraction of sp³-hybridized carbons (Fsp3) is 0.417. The molecule has 0 fully saturated rings. The molecule has 1 atom stereocenters.